The molecule has 0 fully saturated rings. The fourth-order valence-electron chi connectivity index (χ4n) is 3.17. The number of halogens is 1. The molecule has 0 aliphatic rings. The van der Waals surface area contributed by atoms with Crippen LogP contribution in [-0.2, 0) is 13.2 Å². The standard InChI is InChI=1S/C28H23ClN2O3/c29-24-15-13-22(14-16-24)20-34-27-12-5-4-11-26(27)28(32)31-30-18-23-9-6-10-25(17-23)33-19-21-7-2-1-3-8-21/h1-18H,19-20H2,(H,31,32)/b30-18+. The van der Waals surface area contributed by atoms with Crippen LogP contribution in [0.4, 0.5) is 0 Å². The molecule has 6 heteroatoms. The number of ether oxygens (including phenoxy) is 2. The summed E-state index contributed by atoms with van der Waals surface area (Å²) in [5.74, 6) is 0.834. The number of benzene rings is 4. The summed E-state index contributed by atoms with van der Waals surface area (Å²) < 4.78 is 11.7. The summed E-state index contributed by atoms with van der Waals surface area (Å²) in [6.45, 7) is 0.797. The number of nitrogens with zero attached hydrogens (tertiary/aromatic N) is 1. The van der Waals surface area contributed by atoms with Gasteiger partial charge in [-0.3, -0.25) is 4.79 Å². The first-order valence-corrected chi connectivity index (χ1v) is 11.1. The van der Waals surface area contributed by atoms with Gasteiger partial charge in [-0.05, 0) is 53.1 Å². The summed E-state index contributed by atoms with van der Waals surface area (Å²) >= 11 is 5.92. The van der Waals surface area contributed by atoms with Crippen molar-refractivity contribution < 1.29 is 14.3 Å². The minimum Gasteiger partial charge on any atom is -0.489 e. The van der Waals surface area contributed by atoms with Crippen molar-refractivity contribution in [2.45, 2.75) is 13.2 Å². The first-order chi connectivity index (χ1) is 16.7. The fraction of sp³-hybridized carbons (Fsp3) is 0.0714. The Labute approximate surface area is 203 Å². The molecule has 4 aromatic rings. The molecular weight excluding hydrogens is 448 g/mol. The molecule has 0 atom stereocenters. The van der Waals surface area contributed by atoms with Gasteiger partial charge in [0.1, 0.15) is 24.7 Å². The Balaban J connectivity index is 1.34. The van der Waals surface area contributed by atoms with Crippen LogP contribution in [0.3, 0.4) is 0 Å². The van der Waals surface area contributed by atoms with E-state index in [1.165, 1.54) is 0 Å². The molecule has 0 aromatic heterocycles. The maximum Gasteiger partial charge on any atom is 0.275 e. The predicted molar refractivity (Wildman–Crippen MR) is 135 cm³/mol. The first kappa shape index (κ1) is 23.1. The Bertz CT molecular complexity index is 1260. The van der Waals surface area contributed by atoms with Crippen molar-refractivity contribution in [3.05, 3.63) is 130 Å². The van der Waals surface area contributed by atoms with E-state index in [1.807, 2.05) is 72.8 Å². The average molecular weight is 471 g/mol. The van der Waals surface area contributed by atoms with E-state index in [4.69, 9.17) is 21.1 Å². The maximum atomic E-state index is 12.7. The molecule has 4 rings (SSSR count). The molecular formula is C28H23ClN2O3. The second-order valence-electron chi connectivity index (χ2n) is 7.46. The Kier molecular flexibility index (Phi) is 7.93. The number of hydrogen-bond acceptors (Lipinski definition) is 4. The molecule has 4 aromatic carbocycles. The van der Waals surface area contributed by atoms with E-state index >= 15 is 0 Å². The van der Waals surface area contributed by atoms with Gasteiger partial charge in [0.15, 0.2) is 0 Å². The lowest BCUT2D eigenvalue weighted by Gasteiger charge is -2.10. The highest BCUT2D eigenvalue weighted by atomic mass is 35.5. The topological polar surface area (TPSA) is 59.9 Å². The summed E-state index contributed by atoms with van der Waals surface area (Å²) in [5.41, 5.74) is 5.80. The molecule has 0 saturated carbocycles. The zero-order chi connectivity index (χ0) is 23.6. The van der Waals surface area contributed by atoms with Crippen LogP contribution < -0.4 is 14.9 Å². The van der Waals surface area contributed by atoms with Gasteiger partial charge in [-0.15, -0.1) is 0 Å². The van der Waals surface area contributed by atoms with Gasteiger partial charge in [0, 0.05) is 5.02 Å². The van der Waals surface area contributed by atoms with Crippen LogP contribution in [0.25, 0.3) is 0 Å². The van der Waals surface area contributed by atoms with E-state index in [0.717, 1.165) is 22.4 Å². The van der Waals surface area contributed by atoms with Crippen LogP contribution in [0.2, 0.25) is 5.02 Å². The van der Waals surface area contributed by atoms with Gasteiger partial charge in [0.05, 0.1) is 11.8 Å². The Morgan fingerprint density at radius 1 is 0.794 bits per heavy atom. The zero-order valence-corrected chi connectivity index (χ0v) is 19.1. The Hall–Kier alpha value is -4.09. The number of hydrogen-bond donors (Lipinski definition) is 1. The van der Waals surface area contributed by atoms with Gasteiger partial charge in [0.2, 0.25) is 0 Å². The molecule has 0 unspecified atom stereocenters. The molecule has 0 radical (unpaired) electrons. The summed E-state index contributed by atoms with van der Waals surface area (Å²) in [4.78, 5) is 12.7. The normalized spacial score (nSPS) is 10.7. The van der Waals surface area contributed by atoms with Crippen molar-refractivity contribution in [3.8, 4) is 11.5 Å². The molecule has 170 valence electrons. The summed E-state index contributed by atoms with van der Waals surface area (Å²) in [5, 5.41) is 4.76. The van der Waals surface area contributed by atoms with Crippen molar-refractivity contribution in [1.29, 1.82) is 0 Å². The molecule has 1 amide bonds. The number of rotatable bonds is 9. The number of nitrogens with one attached hydrogen (secondary N) is 1. The van der Waals surface area contributed by atoms with Crippen LogP contribution in [0.15, 0.2) is 108 Å². The molecule has 0 heterocycles. The second-order valence-corrected chi connectivity index (χ2v) is 7.89. The summed E-state index contributed by atoms with van der Waals surface area (Å²) in [6, 6.07) is 31.9. The van der Waals surface area contributed by atoms with E-state index in [9.17, 15) is 4.79 Å². The molecule has 0 saturated heterocycles. The molecule has 1 N–H and O–H groups in total. The van der Waals surface area contributed by atoms with Crippen LogP contribution in [0, 0.1) is 0 Å². The fourth-order valence-corrected chi connectivity index (χ4v) is 3.30. The number of carbonyl (C=O) groups excluding carboxylic acids is 1. The van der Waals surface area contributed by atoms with Gasteiger partial charge >= 0.3 is 0 Å². The quantitative estimate of drug-likeness (QED) is 0.232. The lowest BCUT2D eigenvalue weighted by Crippen LogP contribution is -2.18. The van der Waals surface area contributed by atoms with Crippen molar-refractivity contribution in [3.63, 3.8) is 0 Å². The highest BCUT2D eigenvalue weighted by molar-refractivity contribution is 6.30. The third kappa shape index (κ3) is 6.70. The predicted octanol–water partition coefficient (Wildman–Crippen LogP) is 6.26. The third-order valence-electron chi connectivity index (χ3n) is 4.93. The highest BCUT2D eigenvalue weighted by Gasteiger charge is 2.11. The smallest absolute Gasteiger partial charge is 0.275 e. The number of amides is 1. The minimum atomic E-state index is -0.362. The molecule has 0 aliphatic heterocycles. The molecule has 0 aliphatic carbocycles. The number of carbonyl (C=O) groups is 1. The monoisotopic (exact) mass is 470 g/mol. The molecule has 5 nitrogen and oxygen atoms in total. The largest absolute Gasteiger partial charge is 0.489 e. The van der Waals surface area contributed by atoms with Crippen molar-refractivity contribution in [2.24, 2.45) is 5.10 Å². The maximum absolute atomic E-state index is 12.7. The first-order valence-electron chi connectivity index (χ1n) is 10.7. The van der Waals surface area contributed by atoms with E-state index in [1.54, 1.807) is 36.5 Å². The molecule has 34 heavy (non-hydrogen) atoms. The summed E-state index contributed by atoms with van der Waals surface area (Å²) in [6.07, 6.45) is 1.57. The van der Waals surface area contributed by atoms with Crippen LogP contribution in [0.5, 0.6) is 11.5 Å². The van der Waals surface area contributed by atoms with Gasteiger partial charge in [0.25, 0.3) is 5.91 Å². The second kappa shape index (κ2) is 11.7. The van der Waals surface area contributed by atoms with Gasteiger partial charge < -0.3 is 9.47 Å². The van der Waals surface area contributed by atoms with Crippen LogP contribution in [-0.4, -0.2) is 12.1 Å². The van der Waals surface area contributed by atoms with E-state index in [2.05, 4.69) is 10.5 Å². The van der Waals surface area contributed by atoms with Gasteiger partial charge in [-0.25, -0.2) is 5.43 Å². The Morgan fingerprint density at radius 2 is 1.50 bits per heavy atom. The third-order valence-corrected chi connectivity index (χ3v) is 5.18. The van der Waals surface area contributed by atoms with Crippen LogP contribution in [0.1, 0.15) is 27.0 Å². The van der Waals surface area contributed by atoms with E-state index in [-0.39, 0.29) is 5.91 Å². The number of hydrazone groups is 1. The van der Waals surface area contributed by atoms with Gasteiger partial charge in [-0.2, -0.15) is 5.10 Å². The lowest BCUT2D eigenvalue weighted by molar-refractivity contribution is 0.0950. The number of para-hydroxylation sites is 1. The Morgan fingerprint density at radius 3 is 2.32 bits per heavy atom. The SMILES string of the molecule is O=C(N/N=C/c1cccc(OCc2ccccc2)c1)c1ccccc1OCc1ccc(Cl)cc1. The van der Waals surface area contributed by atoms with Crippen molar-refractivity contribution in [1.82, 2.24) is 5.43 Å². The summed E-state index contributed by atoms with van der Waals surface area (Å²) in [7, 11) is 0. The van der Waals surface area contributed by atoms with Crippen LogP contribution >= 0.6 is 11.6 Å². The van der Waals surface area contributed by atoms with E-state index < -0.39 is 0 Å². The lowest BCUT2D eigenvalue weighted by atomic mass is 10.2. The highest BCUT2D eigenvalue weighted by Crippen LogP contribution is 2.20. The average Bonchev–Trinajstić information content (AvgIpc) is 2.88. The minimum absolute atomic E-state index is 0.320. The molecule has 0 bridgehead atoms. The zero-order valence-electron chi connectivity index (χ0n) is 18.4. The van der Waals surface area contributed by atoms with E-state index in [0.29, 0.717) is 29.5 Å². The van der Waals surface area contributed by atoms with Crippen molar-refractivity contribution in [2.75, 3.05) is 0 Å². The van der Waals surface area contributed by atoms with Crippen molar-refractivity contribution >= 4 is 23.7 Å². The van der Waals surface area contributed by atoms with Gasteiger partial charge in [-0.1, -0.05) is 78.3 Å². The molecule has 0 spiro atoms.